The van der Waals surface area contributed by atoms with E-state index in [1.54, 1.807) is 18.5 Å². The summed E-state index contributed by atoms with van der Waals surface area (Å²) in [5, 5.41) is 2.90. The smallest absolute Gasteiger partial charge is 0.270 e. The average molecular weight is 311 g/mol. The number of amides is 1. The number of nitrogens with zero attached hydrogens (tertiary/aromatic N) is 4. The molecule has 120 valence electrons. The van der Waals surface area contributed by atoms with E-state index >= 15 is 0 Å². The van der Waals surface area contributed by atoms with Gasteiger partial charge >= 0.3 is 0 Å². The summed E-state index contributed by atoms with van der Waals surface area (Å²) >= 11 is 0. The summed E-state index contributed by atoms with van der Waals surface area (Å²) in [6, 6.07) is 5.49. The van der Waals surface area contributed by atoms with Crippen molar-refractivity contribution in [2.24, 2.45) is 0 Å². The summed E-state index contributed by atoms with van der Waals surface area (Å²) in [7, 11) is 0. The molecule has 3 rings (SSSR count). The van der Waals surface area contributed by atoms with Gasteiger partial charge < -0.3 is 10.2 Å². The van der Waals surface area contributed by atoms with Crippen LogP contribution in [-0.2, 0) is 6.54 Å². The number of pyridine rings is 1. The maximum atomic E-state index is 12.4. The molecule has 1 N–H and O–H groups in total. The lowest BCUT2D eigenvalue weighted by atomic mass is 10.1. The number of hydrogen-bond donors (Lipinski definition) is 1. The number of anilines is 1. The van der Waals surface area contributed by atoms with Crippen LogP contribution in [0.3, 0.4) is 0 Å². The molecule has 23 heavy (non-hydrogen) atoms. The molecule has 1 saturated heterocycles. The SMILES string of the molecule is Cc1cc(C(=O)NCc2ccncc2)nc(N2CCCCC2)n1. The Hall–Kier alpha value is -2.50. The standard InChI is InChI=1S/C17H21N5O/c1-13-11-15(16(23)19-12-14-5-7-18-8-6-14)21-17(20-13)22-9-3-2-4-10-22/h5-8,11H,2-4,9-10,12H2,1H3,(H,19,23). The monoisotopic (exact) mass is 311 g/mol. The van der Waals surface area contributed by atoms with Crippen LogP contribution < -0.4 is 10.2 Å². The molecule has 3 heterocycles. The molecule has 0 bridgehead atoms. The summed E-state index contributed by atoms with van der Waals surface area (Å²) in [5.74, 6) is 0.490. The van der Waals surface area contributed by atoms with Gasteiger partial charge in [0.05, 0.1) is 0 Å². The first-order valence-corrected chi connectivity index (χ1v) is 8.00. The van der Waals surface area contributed by atoms with E-state index in [9.17, 15) is 4.79 Å². The maximum Gasteiger partial charge on any atom is 0.270 e. The highest BCUT2D eigenvalue weighted by Crippen LogP contribution is 2.16. The lowest BCUT2D eigenvalue weighted by Crippen LogP contribution is -2.32. The molecule has 1 fully saturated rings. The van der Waals surface area contributed by atoms with E-state index in [2.05, 4.69) is 25.2 Å². The topological polar surface area (TPSA) is 71.0 Å². The highest BCUT2D eigenvalue weighted by molar-refractivity contribution is 5.92. The molecule has 6 heteroatoms. The molecule has 0 unspecified atom stereocenters. The van der Waals surface area contributed by atoms with Gasteiger partial charge in [-0.2, -0.15) is 0 Å². The third-order valence-electron chi connectivity index (χ3n) is 3.92. The predicted molar refractivity (Wildman–Crippen MR) is 88.2 cm³/mol. The molecule has 0 radical (unpaired) electrons. The Morgan fingerprint density at radius 1 is 1.17 bits per heavy atom. The van der Waals surface area contributed by atoms with Crippen LogP contribution in [0.25, 0.3) is 0 Å². The van der Waals surface area contributed by atoms with Crippen LogP contribution in [0.5, 0.6) is 0 Å². The van der Waals surface area contributed by atoms with E-state index in [-0.39, 0.29) is 5.91 Å². The molecule has 0 atom stereocenters. The molecule has 1 aliphatic heterocycles. The number of aromatic nitrogens is 3. The van der Waals surface area contributed by atoms with Gasteiger partial charge in [0.25, 0.3) is 5.91 Å². The zero-order chi connectivity index (χ0) is 16.1. The van der Waals surface area contributed by atoms with E-state index < -0.39 is 0 Å². The van der Waals surface area contributed by atoms with Crippen molar-refractivity contribution in [1.29, 1.82) is 0 Å². The third-order valence-corrected chi connectivity index (χ3v) is 3.92. The van der Waals surface area contributed by atoms with Crippen LogP contribution in [-0.4, -0.2) is 33.9 Å². The minimum absolute atomic E-state index is 0.175. The first-order valence-electron chi connectivity index (χ1n) is 8.00. The summed E-state index contributed by atoms with van der Waals surface area (Å²) in [4.78, 5) is 27.4. The number of carbonyl (C=O) groups excluding carboxylic acids is 1. The molecule has 2 aromatic heterocycles. The van der Waals surface area contributed by atoms with Gasteiger partial charge in [-0.15, -0.1) is 0 Å². The van der Waals surface area contributed by atoms with Crippen molar-refractivity contribution in [1.82, 2.24) is 20.3 Å². The molecule has 0 aromatic carbocycles. The average Bonchev–Trinajstić information content (AvgIpc) is 2.61. The molecule has 1 amide bonds. The van der Waals surface area contributed by atoms with Crippen LogP contribution in [0.15, 0.2) is 30.6 Å². The summed E-state index contributed by atoms with van der Waals surface area (Å²) < 4.78 is 0. The zero-order valence-electron chi connectivity index (χ0n) is 13.3. The van der Waals surface area contributed by atoms with Crippen molar-refractivity contribution in [3.63, 3.8) is 0 Å². The number of aryl methyl sites for hydroxylation is 1. The molecule has 0 saturated carbocycles. The van der Waals surface area contributed by atoms with E-state index in [0.29, 0.717) is 18.2 Å². The molecule has 0 aliphatic carbocycles. The van der Waals surface area contributed by atoms with Crippen molar-refractivity contribution < 1.29 is 4.79 Å². The Morgan fingerprint density at radius 2 is 1.91 bits per heavy atom. The normalized spacial score (nSPS) is 14.6. The highest BCUT2D eigenvalue weighted by atomic mass is 16.1. The molecule has 0 spiro atoms. The van der Waals surface area contributed by atoms with Crippen LogP contribution in [0, 0.1) is 6.92 Å². The predicted octanol–water partition coefficient (Wildman–Crippen LogP) is 2.10. The van der Waals surface area contributed by atoms with E-state index in [1.165, 1.54) is 6.42 Å². The Morgan fingerprint density at radius 3 is 2.65 bits per heavy atom. The molecule has 1 aliphatic rings. The Balaban J connectivity index is 1.71. The summed E-state index contributed by atoms with van der Waals surface area (Å²) in [6.07, 6.45) is 6.99. The number of hydrogen-bond acceptors (Lipinski definition) is 5. The fourth-order valence-corrected chi connectivity index (χ4v) is 2.68. The number of piperidine rings is 1. The molecular weight excluding hydrogens is 290 g/mol. The van der Waals surface area contributed by atoms with Crippen molar-refractivity contribution in [2.75, 3.05) is 18.0 Å². The minimum Gasteiger partial charge on any atom is -0.347 e. The van der Waals surface area contributed by atoms with E-state index in [0.717, 1.165) is 37.2 Å². The van der Waals surface area contributed by atoms with Gasteiger partial charge in [-0.25, -0.2) is 9.97 Å². The van der Waals surface area contributed by atoms with Crippen molar-refractivity contribution in [3.05, 3.63) is 47.5 Å². The van der Waals surface area contributed by atoms with Gasteiger partial charge in [0.1, 0.15) is 5.69 Å². The molecular formula is C17H21N5O. The van der Waals surface area contributed by atoms with Gasteiger partial charge in [-0.1, -0.05) is 0 Å². The first kappa shape index (κ1) is 15.4. The van der Waals surface area contributed by atoms with Crippen LogP contribution in [0.2, 0.25) is 0 Å². The second-order valence-corrected chi connectivity index (χ2v) is 5.78. The highest BCUT2D eigenvalue weighted by Gasteiger charge is 2.17. The van der Waals surface area contributed by atoms with Crippen LogP contribution >= 0.6 is 0 Å². The summed E-state index contributed by atoms with van der Waals surface area (Å²) in [5.41, 5.74) is 2.25. The van der Waals surface area contributed by atoms with Gasteiger partial charge in [0.15, 0.2) is 0 Å². The Kier molecular flexibility index (Phi) is 4.80. The summed E-state index contributed by atoms with van der Waals surface area (Å²) in [6.45, 7) is 4.28. The molecule has 2 aromatic rings. The van der Waals surface area contributed by atoms with Gasteiger partial charge in [0, 0.05) is 37.7 Å². The maximum absolute atomic E-state index is 12.4. The number of rotatable bonds is 4. The van der Waals surface area contributed by atoms with E-state index in [4.69, 9.17) is 0 Å². The van der Waals surface area contributed by atoms with Crippen molar-refractivity contribution in [3.8, 4) is 0 Å². The quantitative estimate of drug-likeness (QED) is 0.936. The molecule has 6 nitrogen and oxygen atoms in total. The Bertz CT molecular complexity index is 668. The Labute approximate surface area is 136 Å². The second kappa shape index (κ2) is 7.17. The van der Waals surface area contributed by atoms with Gasteiger partial charge in [-0.3, -0.25) is 9.78 Å². The van der Waals surface area contributed by atoms with E-state index in [1.807, 2.05) is 19.1 Å². The zero-order valence-corrected chi connectivity index (χ0v) is 13.3. The lowest BCUT2D eigenvalue weighted by Gasteiger charge is -2.27. The van der Waals surface area contributed by atoms with Crippen LogP contribution in [0.4, 0.5) is 5.95 Å². The lowest BCUT2D eigenvalue weighted by molar-refractivity contribution is 0.0945. The van der Waals surface area contributed by atoms with Crippen LogP contribution in [0.1, 0.15) is 41.0 Å². The number of carbonyl (C=O) groups is 1. The third kappa shape index (κ3) is 4.03. The van der Waals surface area contributed by atoms with Crippen molar-refractivity contribution in [2.45, 2.75) is 32.7 Å². The number of nitrogens with one attached hydrogen (secondary N) is 1. The second-order valence-electron chi connectivity index (χ2n) is 5.78. The largest absolute Gasteiger partial charge is 0.347 e. The van der Waals surface area contributed by atoms with Gasteiger partial charge in [-0.05, 0) is 49.9 Å². The van der Waals surface area contributed by atoms with Crippen molar-refractivity contribution >= 4 is 11.9 Å². The fraction of sp³-hybridized carbons (Fsp3) is 0.412. The first-order chi connectivity index (χ1) is 11.2. The van der Waals surface area contributed by atoms with Gasteiger partial charge in [0.2, 0.25) is 5.95 Å². The fourth-order valence-electron chi connectivity index (χ4n) is 2.68. The minimum atomic E-state index is -0.175.